The third-order valence-corrected chi connectivity index (χ3v) is 4.10. The summed E-state index contributed by atoms with van der Waals surface area (Å²) >= 11 is 0. The zero-order valence-electron chi connectivity index (χ0n) is 11.0. The van der Waals surface area contributed by atoms with E-state index in [1.54, 1.807) is 19.1 Å². The van der Waals surface area contributed by atoms with Crippen molar-refractivity contribution in [1.29, 1.82) is 0 Å². The lowest BCUT2D eigenvalue weighted by molar-refractivity contribution is -0.383. The zero-order chi connectivity index (χ0) is 15.6. The van der Waals surface area contributed by atoms with Gasteiger partial charge in [0.2, 0.25) is 0 Å². The normalized spacial score (nSPS) is 11.1. The Morgan fingerprint density at radius 2 is 1.86 bits per heavy atom. The standard InChI is InChI=1S/C13H12N2O5S/c1-9-4-2-5-10(8-9)21(19,20)14-13-11(15(17)18)6-3-7-12(13)16/h2-8,14,16H,1H3. The van der Waals surface area contributed by atoms with E-state index >= 15 is 0 Å². The molecule has 7 nitrogen and oxygen atoms in total. The molecule has 0 aliphatic rings. The average molecular weight is 308 g/mol. The lowest BCUT2D eigenvalue weighted by Gasteiger charge is -2.10. The first kappa shape index (κ1) is 14.8. The lowest BCUT2D eigenvalue weighted by atomic mass is 10.2. The highest BCUT2D eigenvalue weighted by molar-refractivity contribution is 7.92. The Morgan fingerprint density at radius 3 is 2.48 bits per heavy atom. The van der Waals surface area contributed by atoms with E-state index in [1.807, 2.05) is 0 Å². The molecule has 0 heterocycles. The van der Waals surface area contributed by atoms with E-state index < -0.39 is 32.1 Å². The van der Waals surface area contributed by atoms with Gasteiger partial charge in [0.05, 0.1) is 9.82 Å². The molecule has 0 aliphatic heterocycles. The molecule has 2 rings (SSSR count). The lowest BCUT2D eigenvalue weighted by Crippen LogP contribution is -2.14. The number of phenols is 1. The number of aromatic hydroxyl groups is 1. The molecule has 0 radical (unpaired) electrons. The number of phenolic OH excluding ortho intramolecular Hbond substituents is 1. The SMILES string of the molecule is Cc1cccc(S(=O)(=O)Nc2c(O)cccc2[N+](=O)[O-])c1. The maximum absolute atomic E-state index is 12.2. The number of aryl methyl sites for hydroxylation is 1. The van der Waals surface area contributed by atoms with E-state index in [-0.39, 0.29) is 4.90 Å². The summed E-state index contributed by atoms with van der Waals surface area (Å²) < 4.78 is 26.5. The molecule has 21 heavy (non-hydrogen) atoms. The quantitative estimate of drug-likeness (QED) is 0.512. The second-order valence-electron chi connectivity index (χ2n) is 4.35. The Balaban J connectivity index is 2.49. The van der Waals surface area contributed by atoms with Crippen LogP contribution in [0.3, 0.4) is 0 Å². The Morgan fingerprint density at radius 1 is 1.19 bits per heavy atom. The van der Waals surface area contributed by atoms with Crippen LogP contribution in [-0.4, -0.2) is 18.4 Å². The molecule has 0 saturated heterocycles. The Labute approximate surface area is 121 Å². The number of hydrogen-bond donors (Lipinski definition) is 2. The van der Waals surface area contributed by atoms with Crippen molar-refractivity contribution >= 4 is 21.4 Å². The summed E-state index contributed by atoms with van der Waals surface area (Å²) in [7, 11) is -4.03. The van der Waals surface area contributed by atoms with Crippen LogP contribution < -0.4 is 4.72 Å². The fourth-order valence-corrected chi connectivity index (χ4v) is 2.96. The fourth-order valence-electron chi connectivity index (χ4n) is 1.76. The van der Waals surface area contributed by atoms with Crippen molar-refractivity contribution in [3.8, 4) is 5.75 Å². The number of rotatable bonds is 4. The van der Waals surface area contributed by atoms with Crippen LogP contribution in [-0.2, 0) is 10.0 Å². The average Bonchev–Trinajstić information content (AvgIpc) is 2.40. The number of nitro benzene ring substituents is 1. The van der Waals surface area contributed by atoms with Crippen molar-refractivity contribution in [3.05, 3.63) is 58.1 Å². The third-order valence-electron chi connectivity index (χ3n) is 2.75. The van der Waals surface area contributed by atoms with E-state index in [1.165, 1.54) is 24.3 Å². The second-order valence-corrected chi connectivity index (χ2v) is 6.03. The number of sulfonamides is 1. The molecule has 2 aromatic rings. The summed E-state index contributed by atoms with van der Waals surface area (Å²) in [4.78, 5) is 10.1. The smallest absolute Gasteiger partial charge is 0.297 e. The topological polar surface area (TPSA) is 110 Å². The molecule has 0 amide bonds. The van der Waals surface area contributed by atoms with Crippen LogP contribution in [0.15, 0.2) is 47.4 Å². The summed E-state index contributed by atoms with van der Waals surface area (Å²) in [6.45, 7) is 1.72. The zero-order valence-corrected chi connectivity index (χ0v) is 11.8. The summed E-state index contributed by atoms with van der Waals surface area (Å²) in [6, 6.07) is 9.60. The van der Waals surface area contributed by atoms with Gasteiger partial charge in [-0.3, -0.25) is 14.8 Å². The summed E-state index contributed by atoms with van der Waals surface area (Å²) in [5.41, 5.74) is -0.250. The predicted molar refractivity (Wildman–Crippen MR) is 76.7 cm³/mol. The molecule has 0 spiro atoms. The predicted octanol–water partition coefficient (Wildman–Crippen LogP) is 2.41. The molecule has 0 saturated carbocycles. The number of nitro groups is 1. The molecule has 0 aromatic heterocycles. The molecule has 8 heteroatoms. The van der Waals surface area contributed by atoms with E-state index in [0.29, 0.717) is 0 Å². The number of hydrogen-bond acceptors (Lipinski definition) is 5. The minimum Gasteiger partial charge on any atom is -0.505 e. The van der Waals surface area contributed by atoms with Gasteiger partial charge in [-0.05, 0) is 30.7 Å². The first-order chi connectivity index (χ1) is 9.81. The van der Waals surface area contributed by atoms with Crippen LogP contribution in [0, 0.1) is 17.0 Å². The molecule has 0 bridgehead atoms. The number of para-hydroxylation sites is 1. The highest BCUT2D eigenvalue weighted by atomic mass is 32.2. The Bertz CT molecular complexity index is 802. The van der Waals surface area contributed by atoms with E-state index in [9.17, 15) is 23.6 Å². The molecular formula is C13H12N2O5S. The van der Waals surface area contributed by atoms with Crippen molar-refractivity contribution in [3.63, 3.8) is 0 Å². The van der Waals surface area contributed by atoms with E-state index in [2.05, 4.69) is 4.72 Å². The fraction of sp³-hybridized carbons (Fsp3) is 0.0769. The highest BCUT2D eigenvalue weighted by Gasteiger charge is 2.23. The van der Waals surface area contributed by atoms with Gasteiger partial charge in [-0.15, -0.1) is 0 Å². The molecule has 0 aliphatic carbocycles. The molecular weight excluding hydrogens is 296 g/mol. The van der Waals surface area contributed by atoms with Gasteiger partial charge in [-0.1, -0.05) is 18.2 Å². The van der Waals surface area contributed by atoms with Crippen molar-refractivity contribution in [2.45, 2.75) is 11.8 Å². The molecule has 0 atom stereocenters. The van der Waals surface area contributed by atoms with Gasteiger partial charge in [0, 0.05) is 6.07 Å². The highest BCUT2D eigenvalue weighted by Crippen LogP contribution is 2.34. The molecule has 2 aromatic carbocycles. The van der Waals surface area contributed by atoms with Crippen molar-refractivity contribution in [2.75, 3.05) is 4.72 Å². The van der Waals surface area contributed by atoms with E-state index in [4.69, 9.17) is 0 Å². The largest absolute Gasteiger partial charge is 0.505 e. The van der Waals surface area contributed by atoms with Crippen LogP contribution in [0.4, 0.5) is 11.4 Å². The van der Waals surface area contributed by atoms with Crippen LogP contribution in [0.25, 0.3) is 0 Å². The minimum absolute atomic E-state index is 0.0416. The van der Waals surface area contributed by atoms with Gasteiger partial charge >= 0.3 is 0 Å². The third kappa shape index (κ3) is 3.11. The monoisotopic (exact) mass is 308 g/mol. The summed E-state index contributed by atoms with van der Waals surface area (Å²) in [5.74, 6) is -0.513. The summed E-state index contributed by atoms with van der Waals surface area (Å²) in [6.07, 6.45) is 0. The van der Waals surface area contributed by atoms with Gasteiger partial charge in [0.25, 0.3) is 15.7 Å². The Kier molecular flexibility index (Phi) is 3.81. The first-order valence-corrected chi connectivity index (χ1v) is 7.35. The van der Waals surface area contributed by atoms with Crippen LogP contribution in [0.2, 0.25) is 0 Å². The molecule has 0 fully saturated rings. The van der Waals surface area contributed by atoms with Gasteiger partial charge in [-0.25, -0.2) is 8.42 Å². The number of nitrogens with zero attached hydrogens (tertiary/aromatic N) is 1. The minimum atomic E-state index is -4.03. The Hall–Kier alpha value is -2.61. The van der Waals surface area contributed by atoms with E-state index in [0.717, 1.165) is 11.6 Å². The second kappa shape index (κ2) is 5.41. The maximum atomic E-state index is 12.2. The van der Waals surface area contributed by atoms with Crippen molar-refractivity contribution < 1.29 is 18.4 Å². The van der Waals surface area contributed by atoms with Crippen LogP contribution >= 0.6 is 0 Å². The molecule has 0 unspecified atom stereocenters. The maximum Gasteiger partial charge on any atom is 0.297 e. The number of anilines is 1. The van der Waals surface area contributed by atoms with Gasteiger partial charge in [0.1, 0.15) is 5.75 Å². The summed E-state index contributed by atoms with van der Waals surface area (Å²) in [5, 5.41) is 20.6. The molecule has 2 N–H and O–H groups in total. The van der Waals surface area contributed by atoms with Gasteiger partial charge in [-0.2, -0.15) is 0 Å². The van der Waals surface area contributed by atoms with Crippen molar-refractivity contribution in [2.24, 2.45) is 0 Å². The first-order valence-electron chi connectivity index (χ1n) is 5.87. The number of nitrogens with one attached hydrogen (secondary N) is 1. The number of benzene rings is 2. The van der Waals surface area contributed by atoms with Crippen molar-refractivity contribution in [1.82, 2.24) is 0 Å². The van der Waals surface area contributed by atoms with Crippen LogP contribution in [0.1, 0.15) is 5.56 Å². The van der Waals surface area contributed by atoms with Gasteiger partial charge < -0.3 is 5.11 Å². The van der Waals surface area contributed by atoms with Gasteiger partial charge in [0.15, 0.2) is 5.69 Å². The van der Waals surface area contributed by atoms with Crippen LogP contribution in [0.5, 0.6) is 5.75 Å². The molecule has 110 valence electrons.